The van der Waals surface area contributed by atoms with Crippen LogP contribution in [0.15, 0.2) is 59.6 Å². The predicted molar refractivity (Wildman–Crippen MR) is 139 cm³/mol. The highest BCUT2D eigenvalue weighted by Crippen LogP contribution is 2.36. The molecule has 4 aliphatic rings. The predicted octanol–water partition coefficient (Wildman–Crippen LogP) is 4.43. The van der Waals surface area contributed by atoms with Gasteiger partial charge in [-0.25, -0.2) is 14.5 Å². The molecule has 0 aromatic carbocycles. The van der Waals surface area contributed by atoms with E-state index in [0.717, 1.165) is 65.3 Å². The van der Waals surface area contributed by atoms with Crippen molar-refractivity contribution in [1.82, 2.24) is 24.5 Å². The van der Waals surface area contributed by atoms with Crippen LogP contribution in [0.5, 0.6) is 5.88 Å². The van der Waals surface area contributed by atoms with Crippen molar-refractivity contribution in [2.45, 2.75) is 44.0 Å². The highest BCUT2D eigenvalue weighted by molar-refractivity contribution is 9.10. The van der Waals surface area contributed by atoms with Gasteiger partial charge >= 0.3 is 0 Å². The highest BCUT2D eigenvalue weighted by atomic mass is 79.9. The number of nitriles is 1. The summed E-state index contributed by atoms with van der Waals surface area (Å²) in [6.45, 7) is 2.88. The summed E-state index contributed by atoms with van der Waals surface area (Å²) in [5, 5.41) is 13.8. The Morgan fingerprint density at radius 3 is 2.61 bits per heavy atom. The molecule has 3 aliphatic heterocycles. The molecule has 180 valence electrons. The summed E-state index contributed by atoms with van der Waals surface area (Å²) in [6, 6.07) is 13.7. The molecule has 36 heavy (non-hydrogen) atoms. The van der Waals surface area contributed by atoms with E-state index in [1.165, 1.54) is 12.0 Å². The van der Waals surface area contributed by atoms with Gasteiger partial charge in [-0.2, -0.15) is 10.4 Å². The first-order chi connectivity index (χ1) is 17.6. The summed E-state index contributed by atoms with van der Waals surface area (Å²) in [6.07, 6.45) is 11.2. The third-order valence-corrected chi connectivity index (χ3v) is 7.83. The first-order valence-corrected chi connectivity index (χ1v) is 13.1. The standard InChI is InChI=1S/C27H24BrN7O/c28-20-7-24(27-19(9-29)12-32-35(27)14-20)18-2-5-25(30-11-18)33-15-21-8-22(16-33)34(21)13-17-1-6-26(31-10-17)36-23-3-4-23/h1-2,5-7,10-12,14,21-23H,3-4,8,13,15-16H2. The summed E-state index contributed by atoms with van der Waals surface area (Å²) in [5.74, 6) is 1.74. The van der Waals surface area contributed by atoms with Gasteiger partial charge in [-0.3, -0.25) is 4.90 Å². The Labute approximate surface area is 217 Å². The number of piperidine rings is 1. The lowest BCUT2D eigenvalue weighted by Gasteiger charge is -2.56. The molecule has 2 atom stereocenters. The molecule has 0 spiro atoms. The molecule has 4 aromatic heterocycles. The first kappa shape index (κ1) is 21.8. The Morgan fingerprint density at radius 1 is 1.06 bits per heavy atom. The van der Waals surface area contributed by atoms with E-state index in [9.17, 15) is 5.26 Å². The fraction of sp³-hybridized carbons (Fsp3) is 0.333. The van der Waals surface area contributed by atoms with Crippen LogP contribution >= 0.6 is 15.9 Å². The smallest absolute Gasteiger partial charge is 0.213 e. The zero-order valence-corrected chi connectivity index (χ0v) is 21.2. The van der Waals surface area contributed by atoms with E-state index in [-0.39, 0.29) is 0 Å². The Kier molecular flexibility index (Phi) is 5.19. The topological polar surface area (TPSA) is 82.6 Å². The molecule has 1 saturated carbocycles. The second-order valence-corrected chi connectivity index (χ2v) is 10.8. The molecular weight excluding hydrogens is 518 g/mol. The second-order valence-electron chi connectivity index (χ2n) is 9.88. The maximum absolute atomic E-state index is 9.52. The number of hydrogen-bond acceptors (Lipinski definition) is 7. The number of rotatable bonds is 6. The minimum Gasteiger partial charge on any atom is -0.474 e. The summed E-state index contributed by atoms with van der Waals surface area (Å²) in [7, 11) is 0. The molecule has 4 aromatic rings. The maximum atomic E-state index is 9.52. The molecule has 8 rings (SSSR count). The van der Waals surface area contributed by atoms with Crippen molar-refractivity contribution in [3.63, 3.8) is 0 Å². The number of anilines is 1. The van der Waals surface area contributed by atoms with E-state index in [1.54, 1.807) is 10.7 Å². The number of pyridine rings is 3. The van der Waals surface area contributed by atoms with Crippen LogP contribution in [0.4, 0.5) is 5.82 Å². The average Bonchev–Trinajstić information content (AvgIpc) is 3.63. The fourth-order valence-corrected chi connectivity index (χ4v) is 5.82. The van der Waals surface area contributed by atoms with Gasteiger partial charge in [0.15, 0.2) is 0 Å². The van der Waals surface area contributed by atoms with Gasteiger partial charge in [0, 0.05) is 72.0 Å². The van der Waals surface area contributed by atoms with Crippen molar-refractivity contribution >= 4 is 27.3 Å². The van der Waals surface area contributed by atoms with E-state index in [0.29, 0.717) is 23.8 Å². The zero-order valence-electron chi connectivity index (χ0n) is 19.6. The molecule has 2 unspecified atom stereocenters. The van der Waals surface area contributed by atoms with E-state index < -0.39 is 0 Å². The number of aromatic nitrogens is 4. The normalized spacial score (nSPS) is 21.3. The van der Waals surface area contributed by atoms with Crippen molar-refractivity contribution in [2.75, 3.05) is 18.0 Å². The molecule has 0 radical (unpaired) electrons. The number of hydrogen-bond donors (Lipinski definition) is 0. The van der Waals surface area contributed by atoms with Crippen LogP contribution in [0.2, 0.25) is 0 Å². The van der Waals surface area contributed by atoms with E-state index in [4.69, 9.17) is 9.72 Å². The second kappa shape index (κ2) is 8.57. The van der Waals surface area contributed by atoms with Gasteiger partial charge in [0.25, 0.3) is 0 Å². The SMILES string of the molecule is N#Cc1cnn2cc(Br)cc(-c3ccc(N4CC5CC(C4)N5Cc4ccc(OC5CC5)nc4)nc3)c12. The van der Waals surface area contributed by atoms with Gasteiger partial charge < -0.3 is 9.64 Å². The molecular formula is C27H24BrN7O. The number of fused-ring (bicyclic) bond motifs is 3. The van der Waals surface area contributed by atoms with Crippen LogP contribution in [0, 0.1) is 11.3 Å². The molecule has 8 nitrogen and oxygen atoms in total. The Balaban J connectivity index is 1.04. The largest absolute Gasteiger partial charge is 0.474 e. The van der Waals surface area contributed by atoms with Crippen LogP contribution in [0.1, 0.15) is 30.4 Å². The Morgan fingerprint density at radius 2 is 1.92 bits per heavy atom. The quantitative estimate of drug-likeness (QED) is 0.357. The van der Waals surface area contributed by atoms with Crippen LogP contribution in [0.25, 0.3) is 16.6 Å². The lowest BCUT2D eigenvalue weighted by atomic mass is 9.87. The summed E-state index contributed by atoms with van der Waals surface area (Å²) >= 11 is 3.56. The lowest BCUT2D eigenvalue weighted by Crippen LogP contribution is -2.68. The first-order valence-electron chi connectivity index (χ1n) is 12.3. The lowest BCUT2D eigenvalue weighted by molar-refractivity contribution is -0.00877. The van der Waals surface area contributed by atoms with Gasteiger partial charge in [-0.05, 0) is 59.0 Å². The average molecular weight is 542 g/mol. The van der Waals surface area contributed by atoms with Gasteiger partial charge in [0.2, 0.25) is 5.88 Å². The molecule has 3 saturated heterocycles. The maximum Gasteiger partial charge on any atom is 0.213 e. The van der Waals surface area contributed by atoms with E-state index in [1.807, 2.05) is 30.7 Å². The van der Waals surface area contributed by atoms with Crippen molar-refractivity contribution in [3.05, 3.63) is 70.7 Å². The summed E-state index contributed by atoms with van der Waals surface area (Å²) < 4.78 is 8.41. The van der Waals surface area contributed by atoms with Crippen molar-refractivity contribution < 1.29 is 4.74 Å². The molecule has 1 aliphatic carbocycles. The van der Waals surface area contributed by atoms with Gasteiger partial charge in [0.1, 0.15) is 18.0 Å². The molecule has 4 fully saturated rings. The van der Waals surface area contributed by atoms with E-state index in [2.05, 4.69) is 60.1 Å². The molecule has 9 heteroatoms. The van der Waals surface area contributed by atoms with Crippen LogP contribution in [0.3, 0.4) is 0 Å². The van der Waals surface area contributed by atoms with E-state index >= 15 is 0 Å². The van der Waals surface area contributed by atoms with Crippen LogP contribution < -0.4 is 9.64 Å². The third-order valence-electron chi connectivity index (χ3n) is 7.40. The van der Waals surface area contributed by atoms with Gasteiger partial charge in [-0.1, -0.05) is 6.07 Å². The van der Waals surface area contributed by atoms with Crippen LogP contribution in [-0.4, -0.2) is 55.8 Å². The van der Waals surface area contributed by atoms with Gasteiger partial charge in [0.05, 0.1) is 17.3 Å². The number of piperazine rings is 1. The molecule has 0 N–H and O–H groups in total. The molecule has 0 amide bonds. The highest BCUT2D eigenvalue weighted by Gasteiger charge is 2.44. The minimum atomic E-state index is 0.378. The summed E-state index contributed by atoms with van der Waals surface area (Å²) in [5.41, 5.74) is 4.49. The number of nitrogens with zero attached hydrogens (tertiary/aromatic N) is 7. The molecule has 2 bridgehead atoms. The summed E-state index contributed by atoms with van der Waals surface area (Å²) in [4.78, 5) is 14.3. The minimum absolute atomic E-state index is 0.378. The Bertz CT molecular complexity index is 1460. The third kappa shape index (κ3) is 3.91. The van der Waals surface area contributed by atoms with Crippen molar-refractivity contribution in [3.8, 4) is 23.1 Å². The molecule has 7 heterocycles. The van der Waals surface area contributed by atoms with Crippen LogP contribution in [-0.2, 0) is 6.54 Å². The van der Waals surface area contributed by atoms with Gasteiger partial charge in [-0.15, -0.1) is 0 Å². The zero-order chi connectivity index (χ0) is 24.2. The Hall–Kier alpha value is -3.48. The monoisotopic (exact) mass is 541 g/mol. The van der Waals surface area contributed by atoms with Crippen molar-refractivity contribution in [2.24, 2.45) is 0 Å². The van der Waals surface area contributed by atoms with Crippen molar-refractivity contribution in [1.29, 1.82) is 5.26 Å². The number of halogens is 1. The fourth-order valence-electron chi connectivity index (χ4n) is 5.40. The number of ether oxygens (including phenoxy) is 1.